The summed E-state index contributed by atoms with van der Waals surface area (Å²) in [5.41, 5.74) is -0.538. The van der Waals surface area contributed by atoms with E-state index in [-0.39, 0.29) is 12.4 Å². The molecule has 1 rings (SSSR count). The molecule has 0 heterocycles. The van der Waals surface area contributed by atoms with Gasteiger partial charge in [0.15, 0.2) is 0 Å². The molecule has 0 saturated carbocycles. The van der Waals surface area contributed by atoms with Crippen LogP contribution in [0.25, 0.3) is 0 Å². The smallest absolute Gasteiger partial charge is 0.460 e. The second-order valence-corrected chi connectivity index (χ2v) is 8.35. The molecule has 0 aliphatic rings. The topological polar surface area (TPSA) is 18.5 Å². The van der Waals surface area contributed by atoms with E-state index in [4.69, 9.17) is 4.74 Å². The average molecular weight is 626 g/mol. The van der Waals surface area contributed by atoms with Crippen LogP contribution in [0, 0.1) is 0 Å². The minimum atomic E-state index is -8.66. The van der Waals surface area contributed by atoms with Crippen LogP contribution < -0.4 is 4.74 Å². The van der Waals surface area contributed by atoms with E-state index < -0.39 is 65.7 Å². The van der Waals surface area contributed by atoms with Gasteiger partial charge in [0.2, 0.25) is 0 Å². The van der Waals surface area contributed by atoms with Crippen LogP contribution in [0.15, 0.2) is 24.3 Å². The zero-order valence-electron chi connectivity index (χ0n) is 20.0. The third-order valence-corrected chi connectivity index (χ3v) is 5.51. The Labute approximate surface area is 214 Å². The van der Waals surface area contributed by atoms with Crippen molar-refractivity contribution >= 4 is 0 Å². The maximum absolute atomic E-state index is 14.4. The Bertz CT molecular complexity index is 988. The highest BCUT2D eigenvalue weighted by Crippen LogP contribution is 2.64. The largest absolute Gasteiger partial charge is 0.494 e. The molecule has 1 aromatic rings. The number of unbranched alkanes of at least 4 members (excludes halogenated alkanes) is 1. The van der Waals surface area contributed by atoms with Crippen molar-refractivity contribution in [2.75, 3.05) is 13.7 Å². The highest BCUT2D eigenvalue weighted by atomic mass is 19.4. The second kappa shape index (κ2) is 11.2. The Kier molecular flexibility index (Phi) is 10.1. The number of halogens is 17. The molecule has 1 aromatic carbocycles. The molecular weight excluding hydrogens is 607 g/mol. The average Bonchev–Trinajstić information content (AvgIpc) is 2.81. The molecule has 1 atom stereocenters. The molecular formula is C21H19F17O2. The van der Waals surface area contributed by atoms with Crippen molar-refractivity contribution in [3.05, 3.63) is 29.8 Å². The first-order valence-corrected chi connectivity index (χ1v) is 10.7. The van der Waals surface area contributed by atoms with Gasteiger partial charge in [-0.15, -0.1) is 0 Å². The van der Waals surface area contributed by atoms with Gasteiger partial charge in [-0.25, -0.2) is 0 Å². The minimum Gasteiger partial charge on any atom is -0.494 e. The van der Waals surface area contributed by atoms with Crippen LogP contribution in [-0.4, -0.2) is 61.4 Å². The maximum Gasteiger partial charge on any atom is 0.460 e. The number of benzene rings is 1. The molecule has 2 nitrogen and oxygen atoms in total. The fraction of sp³-hybridized carbons (Fsp3) is 0.714. The minimum absolute atomic E-state index is 0.0549. The lowest BCUT2D eigenvalue weighted by Gasteiger charge is -2.43. The molecule has 0 saturated heterocycles. The van der Waals surface area contributed by atoms with Gasteiger partial charge in [0.25, 0.3) is 0 Å². The third-order valence-electron chi connectivity index (χ3n) is 5.51. The van der Waals surface area contributed by atoms with Gasteiger partial charge >= 0.3 is 47.6 Å². The van der Waals surface area contributed by atoms with E-state index in [1.165, 1.54) is 6.07 Å². The molecule has 0 bridgehead atoms. The Morgan fingerprint density at radius 1 is 0.650 bits per heavy atom. The van der Waals surface area contributed by atoms with Gasteiger partial charge in [0, 0.05) is 13.5 Å². The first-order valence-electron chi connectivity index (χ1n) is 10.7. The van der Waals surface area contributed by atoms with Crippen molar-refractivity contribution in [1.82, 2.24) is 0 Å². The van der Waals surface area contributed by atoms with Gasteiger partial charge < -0.3 is 9.47 Å². The SMILES string of the molecule is CCCCOc1cccc(C(CC(F)(F)C(F)(F)C(F)(F)C(F)(F)C(F)(F)C(F)(F)C(F)(F)C(F)(F)F)OC)c1. The van der Waals surface area contributed by atoms with E-state index in [1.54, 1.807) is 6.92 Å². The van der Waals surface area contributed by atoms with Crippen molar-refractivity contribution in [2.24, 2.45) is 0 Å². The molecule has 0 aromatic heterocycles. The number of methoxy groups -OCH3 is 1. The summed E-state index contributed by atoms with van der Waals surface area (Å²) in [6.07, 6.45) is -11.8. The van der Waals surface area contributed by atoms with Crippen LogP contribution in [0.4, 0.5) is 74.6 Å². The molecule has 1 unspecified atom stereocenters. The second-order valence-electron chi connectivity index (χ2n) is 8.35. The Hall–Kier alpha value is -2.21. The number of ether oxygens (including phenoxy) is 2. The number of alkyl halides is 17. The van der Waals surface area contributed by atoms with Gasteiger partial charge in [0.05, 0.1) is 12.7 Å². The standard InChI is InChI=1S/C21H19F17O2/c1-3-4-8-40-12-7-5-6-11(9-12)13(39-2)10-14(22,23)15(24,25)16(26,27)17(28,29)18(30,31)19(32,33)20(34,35)21(36,37)38/h5-7,9,13H,3-4,8,10H2,1-2H3. The van der Waals surface area contributed by atoms with E-state index in [0.29, 0.717) is 20.0 Å². The highest BCUT2D eigenvalue weighted by Gasteiger charge is 2.95. The Balaban J connectivity index is 3.50. The molecule has 0 radical (unpaired) electrons. The number of hydrogen-bond donors (Lipinski definition) is 0. The summed E-state index contributed by atoms with van der Waals surface area (Å²) in [4.78, 5) is 0. The lowest BCUT2D eigenvalue weighted by Crippen LogP contribution is -2.74. The summed E-state index contributed by atoms with van der Waals surface area (Å²) >= 11 is 0. The molecule has 40 heavy (non-hydrogen) atoms. The predicted octanol–water partition coefficient (Wildman–Crippen LogP) is 8.95. The summed E-state index contributed by atoms with van der Waals surface area (Å²) in [7, 11) is 0.532. The summed E-state index contributed by atoms with van der Waals surface area (Å²) < 4.78 is 238. The lowest BCUT2D eigenvalue weighted by molar-refractivity contribution is -0.462. The van der Waals surface area contributed by atoms with Gasteiger partial charge in [-0.3, -0.25) is 0 Å². The molecule has 0 N–H and O–H groups in total. The van der Waals surface area contributed by atoms with Crippen molar-refractivity contribution in [3.63, 3.8) is 0 Å². The van der Waals surface area contributed by atoms with Gasteiger partial charge in [0.1, 0.15) is 5.75 Å². The van der Waals surface area contributed by atoms with E-state index in [9.17, 15) is 74.6 Å². The molecule has 0 spiro atoms. The monoisotopic (exact) mass is 626 g/mol. The normalized spacial score (nSPS) is 15.8. The van der Waals surface area contributed by atoms with E-state index >= 15 is 0 Å². The molecule has 0 aliphatic carbocycles. The quantitative estimate of drug-likeness (QED) is 0.152. The van der Waals surface area contributed by atoms with E-state index in [1.807, 2.05) is 0 Å². The van der Waals surface area contributed by atoms with Crippen molar-refractivity contribution in [3.8, 4) is 5.75 Å². The van der Waals surface area contributed by atoms with E-state index in [0.717, 1.165) is 18.2 Å². The van der Waals surface area contributed by atoms with Crippen LogP contribution in [0.5, 0.6) is 5.75 Å². The van der Waals surface area contributed by atoms with Gasteiger partial charge in [-0.05, 0) is 24.1 Å². The lowest BCUT2D eigenvalue weighted by atomic mass is 9.87. The van der Waals surface area contributed by atoms with E-state index in [2.05, 4.69) is 4.74 Å². The third kappa shape index (κ3) is 5.75. The fourth-order valence-corrected chi connectivity index (χ4v) is 3.03. The van der Waals surface area contributed by atoms with Crippen molar-refractivity contribution < 1.29 is 84.1 Å². The summed E-state index contributed by atoms with van der Waals surface area (Å²) in [6.45, 7) is 1.81. The van der Waals surface area contributed by atoms with Crippen molar-refractivity contribution in [2.45, 2.75) is 79.9 Å². The van der Waals surface area contributed by atoms with Gasteiger partial charge in [-0.1, -0.05) is 25.5 Å². The summed E-state index contributed by atoms with van der Waals surface area (Å²) in [5.74, 6) is -56.8. The predicted molar refractivity (Wildman–Crippen MR) is 102 cm³/mol. The van der Waals surface area contributed by atoms with Crippen LogP contribution >= 0.6 is 0 Å². The highest BCUT2D eigenvalue weighted by molar-refractivity contribution is 5.30. The van der Waals surface area contributed by atoms with Crippen LogP contribution in [0.1, 0.15) is 37.9 Å². The van der Waals surface area contributed by atoms with Crippen LogP contribution in [0.2, 0.25) is 0 Å². The molecule has 234 valence electrons. The number of rotatable bonds is 14. The molecule has 19 heteroatoms. The first kappa shape index (κ1) is 35.8. The number of hydrogen-bond acceptors (Lipinski definition) is 2. The van der Waals surface area contributed by atoms with Crippen molar-refractivity contribution in [1.29, 1.82) is 0 Å². The first-order chi connectivity index (χ1) is 17.7. The fourth-order valence-electron chi connectivity index (χ4n) is 3.03. The maximum atomic E-state index is 14.4. The molecule has 0 amide bonds. The van der Waals surface area contributed by atoms with Crippen LogP contribution in [-0.2, 0) is 4.74 Å². The zero-order valence-corrected chi connectivity index (χ0v) is 20.0. The zero-order chi connectivity index (χ0) is 31.8. The molecule has 0 aliphatic heterocycles. The summed E-state index contributed by atoms with van der Waals surface area (Å²) in [5, 5.41) is 0. The van der Waals surface area contributed by atoms with Crippen LogP contribution in [0.3, 0.4) is 0 Å². The Morgan fingerprint density at radius 2 is 1.10 bits per heavy atom. The summed E-state index contributed by atoms with van der Waals surface area (Å²) in [6, 6.07) is 4.01. The Morgan fingerprint density at radius 3 is 1.52 bits per heavy atom. The molecule has 0 fully saturated rings. The van der Waals surface area contributed by atoms with Gasteiger partial charge in [-0.2, -0.15) is 74.6 Å².